The molecule has 0 amide bonds. The predicted octanol–water partition coefficient (Wildman–Crippen LogP) is 1.85. The molecule has 2 aliphatic heterocycles. The number of carbonyl (C=O) groups is 1. The molecule has 2 heterocycles. The van der Waals surface area contributed by atoms with Crippen molar-refractivity contribution >= 4 is 5.97 Å². The fourth-order valence-corrected chi connectivity index (χ4v) is 4.61. The number of esters is 1. The molecule has 1 aliphatic carbocycles. The van der Waals surface area contributed by atoms with Crippen LogP contribution in [0.1, 0.15) is 33.1 Å². The zero-order valence-electron chi connectivity index (χ0n) is 12.9. The summed E-state index contributed by atoms with van der Waals surface area (Å²) >= 11 is 0. The Labute approximate surface area is 125 Å². The number of ether oxygens (including phenoxy) is 3. The molecule has 2 saturated heterocycles. The highest BCUT2D eigenvalue weighted by atomic mass is 16.7. The summed E-state index contributed by atoms with van der Waals surface area (Å²) in [7, 11) is 1.60. The third-order valence-corrected chi connectivity index (χ3v) is 5.70. The number of hydrogen-bond acceptors (Lipinski definition) is 5. The molecule has 3 rings (SSSR count). The summed E-state index contributed by atoms with van der Waals surface area (Å²) in [5.74, 6) is 0.333. The van der Waals surface area contributed by atoms with Gasteiger partial charge in [0.15, 0.2) is 12.6 Å². The van der Waals surface area contributed by atoms with Gasteiger partial charge in [-0.25, -0.2) is 4.79 Å². The number of hydrogen-bond donors (Lipinski definition) is 1. The maximum Gasteiger partial charge on any atom is 0.334 e. The van der Waals surface area contributed by atoms with E-state index < -0.39 is 12.6 Å². The van der Waals surface area contributed by atoms with Crippen molar-refractivity contribution in [2.24, 2.45) is 23.2 Å². The van der Waals surface area contributed by atoms with Crippen molar-refractivity contribution in [3.05, 3.63) is 12.2 Å². The van der Waals surface area contributed by atoms with E-state index in [1.54, 1.807) is 7.11 Å². The molecule has 0 spiro atoms. The Kier molecular flexibility index (Phi) is 3.62. The van der Waals surface area contributed by atoms with Gasteiger partial charge in [-0.1, -0.05) is 20.4 Å². The topological polar surface area (TPSA) is 65.0 Å². The molecular formula is C16H24O5. The minimum Gasteiger partial charge on any atom is -0.458 e. The molecule has 7 atom stereocenters. The molecule has 0 radical (unpaired) electrons. The quantitative estimate of drug-likeness (QED) is 0.591. The van der Waals surface area contributed by atoms with Gasteiger partial charge in [0.1, 0.15) is 6.10 Å². The molecule has 3 aliphatic rings. The Morgan fingerprint density at radius 2 is 2.14 bits per heavy atom. The van der Waals surface area contributed by atoms with Gasteiger partial charge in [0, 0.05) is 30.4 Å². The molecule has 21 heavy (non-hydrogen) atoms. The van der Waals surface area contributed by atoms with E-state index >= 15 is 0 Å². The van der Waals surface area contributed by atoms with Crippen LogP contribution in [-0.2, 0) is 19.0 Å². The fraction of sp³-hybridized carbons (Fsp3) is 0.812. The first-order chi connectivity index (χ1) is 9.86. The SMILES string of the molecule is C=C1C(=O)O[C@@H]2C[C@@H](C)[C@@H]3C[C@H](O)O[C@@H](OC)[C@@]3(C)C[C@H]12. The Balaban J connectivity index is 1.97. The molecule has 0 bridgehead atoms. The molecule has 3 fully saturated rings. The van der Waals surface area contributed by atoms with Crippen LogP contribution in [-0.4, -0.2) is 36.9 Å². The molecule has 5 heteroatoms. The van der Waals surface area contributed by atoms with Crippen molar-refractivity contribution in [3.63, 3.8) is 0 Å². The van der Waals surface area contributed by atoms with E-state index in [1.807, 2.05) is 0 Å². The molecule has 118 valence electrons. The van der Waals surface area contributed by atoms with E-state index in [-0.39, 0.29) is 29.3 Å². The van der Waals surface area contributed by atoms with Gasteiger partial charge in [-0.15, -0.1) is 0 Å². The number of methoxy groups -OCH3 is 1. The van der Waals surface area contributed by atoms with Crippen molar-refractivity contribution < 1.29 is 24.1 Å². The highest BCUT2D eigenvalue weighted by Gasteiger charge is 2.56. The summed E-state index contributed by atoms with van der Waals surface area (Å²) in [4.78, 5) is 11.8. The number of rotatable bonds is 1. The maximum absolute atomic E-state index is 11.8. The molecular weight excluding hydrogens is 272 g/mol. The monoisotopic (exact) mass is 296 g/mol. The summed E-state index contributed by atoms with van der Waals surface area (Å²) in [6.07, 6.45) is 0.769. The molecule has 0 aromatic rings. The first-order valence-corrected chi connectivity index (χ1v) is 7.63. The second-order valence-electron chi connectivity index (χ2n) is 7.00. The molecule has 0 aromatic carbocycles. The largest absolute Gasteiger partial charge is 0.458 e. The van der Waals surface area contributed by atoms with Crippen LogP contribution in [0.4, 0.5) is 0 Å². The standard InChI is InChI=1S/C16H24O5/c1-8-5-12-10(9(2)14(18)20-12)7-16(3)11(8)6-13(17)21-15(16)19-4/h8,10-13,15,17H,2,5-7H2,1,3-4H3/t8-,10-,11+,12-,13-,15-,16+/m1/s1. The normalized spacial score (nSPS) is 50.1. The van der Waals surface area contributed by atoms with E-state index in [9.17, 15) is 9.90 Å². The summed E-state index contributed by atoms with van der Waals surface area (Å²) in [5, 5.41) is 9.97. The van der Waals surface area contributed by atoms with E-state index in [1.165, 1.54) is 0 Å². The number of aliphatic hydroxyl groups is 1. The highest BCUT2D eigenvalue weighted by molar-refractivity contribution is 5.90. The van der Waals surface area contributed by atoms with Crippen LogP contribution >= 0.6 is 0 Å². The van der Waals surface area contributed by atoms with Gasteiger partial charge in [0.05, 0.1) is 0 Å². The summed E-state index contributed by atoms with van der Waals surface area (Å²) in [5.41, 5.74) is 0.305. The maximum atomic E-state index is 11.8. The molecule has 1 N–H and O–H groups in total. The molecule has 0 aromatic heterocycles. The summed E-state index contributed by atoms with van der Waals surface area (Å²) in [6, 6.07) is 0. The number of aliphatic hydroxyl groups excluding tert-OH is 1. The zero-order valence-corrected chi connectivity index (χ0v) is 12.9. The Morgan fingerprint density at radius 1 is 1.43 bits per heavy atom. The second-order valence-corrected chi connectivity index (χ2v) is 7.00. The van der Waals surface area contributed by atoms with Crippen LogP contribution in [0.25, 0.3) is 0 Å². The predicted molar refractivity (Wildman–Crippen MR) is 75.0 cm³/mol. The highest BCUT2D eigenvalue weighted by Crippen LogP contribution is 2.55. The van der Waals surface area contributed by atoms with Crippen LogP contribution < -0.4 is 0 Å². The second kappa shape index (κ2) is 5.07. The number of fused-ring (bicyclic) bond motifs is 2. The third-order valence-electron chi connectivity index (χ3n) is 5.70. The van der Waals surface area contributed by atoms with Crippen LogP contribution in [0.5, 0.6) is 0 Å². The van der Waals surface area contributed by atoms with Crippen LogP contribution in [0, 0.1) is 23.2 Å². The van der Waals surface area contributed by atoms with Crippen molar-refractivity contribution in [2.75, 3.05) is 7.11 Å². The third kappa shape index (κ3) is 2.22. The first kappa shape index (κ1) is 15.0. The van der Waals surface area contributed by atoms with E-state index in [4.69, 9.17) is 14.2 Å². The first-order valence-electron chi connectivity index (χ1n) is 7.63. The number of carbonyl (C=O) groups excluding carboxylic acids is 1. The van der Waals surface area contributed by atoms with Crippen molar-refractivity contribution in [1.82, 2.24) is 0 Å². The van der Waals surface area contributed by atoms with Crippen molar-refractivity contribution in [1.29, 1.82) is 0 Å². The smallest absolute Gasteiger partial charge is 0.334 e. The molecule has 1 saturated carbocycles. The lowest BCUT2D eigenvalue weighted by atomic mass is 9.65. The summed E-state index contributed by atoms with van der Waals surface area (Å²) < 4.78 is 16.6. The van der Waals surface area contributed by atoms with Gasteiger partial charge in [0.2, 0.25) is 0 Å². The lowest BCUT2D eigenvalue weighted by Gasteiger charge is -2.49. The lowest BCUT2D eigenvalue weighted by molar-refractivity contribution is -0.312. The average molecular weight is 296 g/mol. The Morgan fingerprint density at radius 3 is 2.81 bits per heavy atom. The van der Waals surface area contributed by atoms with Crippen molar-refractivity contribution in [3.8, 4) is 0 Å². The molecule has 0 unspecified atom stereocenters. The summed E-state index contributed by atoms with van der Waals surface area (Å²) in [6.45, 7) is 8.20. The van der Waals surface area contributed by atoms with E-state index in [2.05, 4.69) is 20.4 Å². The molecule has 5 nitrogen and oxygen atoms in total. The van der Waals surface area contributed by atoms with Crippen LogP contribution in [0.15, 0.2) is 12.2 Å². The van der Waals surface area contributed by atoms with Gasteiger partial charge in [-0.3, -0.25) is 0 Å². The van der Waals surface area contributed by atoms with Gasteiger partial charge in [-0.2, -0.15) is 0 Å². The van der Waals surface area contributed by atoms with Crippen LogP contribution in [0.3, 0.4) is 0 Å². The zero-order chi connectivity index (χ0) is 15.4. The van der Waals surface area contributed by atoms with Gasteiger partial charge < -0.3 is 19.3 Å². The van der Waals surface area contributed by atoms with Gasteiger partial charge >= 0.3 is 5.97 Å². The van der Waals surface area contributed by atoms with Gasteiger partial charge in [0.25, 0.3) is 0 Å². The van der Waals surface area contributed by atoms with Crippen LogP contribution in [0.2, 0.25) is 0 Å². The van der Waals surface area contributed by atoms with E-state index in [0.29, 0.717) is 17.9 Å². The van der Waals surface area contributed by atoms with Gasteiger partial charge in [-0.05, 0) is 24.7 Å². The minimum atomic E-state index is -0.792. The lowest BCUT2D eigenvalue weighted by Crippen LogP contribution is -2.51. The minimum absolute atomic E-state index is 0.0199. The Hall–Kier alpha value is -0.910. The average Bonchev–Trinajstić information content (AvgIpc) is 2.62. The Bertz CT molecular complexity index is 462. The van der Waals surface area contributed by atoms with Crippen molar-refractivity contribution in [2.45, 2.75) is 51.8 Å². The fourth-order valence-electron chi connectivity index (χ4n) is 4.61. The van der Waals surface area contributed by atoms with E-state index in [0.717, 1.165) is 12.8 Å².